The van der Waals surface area contributed by atoms with E-state index in [0.717, 1.165) is 23.7 Å². The minimum atomic E-state index is 0.904. The van der Waals surface area contributed by atoms with Gasteiger partial charge < -0.3 is 0 Å². The van der Waals surface area contributed by atoms with Gasteiger partial charge in [-0.2, -0.15) is 0 Å². The van der Waals surface area contributed by atoms with Crippen LogP contribution in [0.25, 0.3) is 0 Å². The van der Waals surface area contributed by atoms with E-state index >= 15 is 0 Å². The normalized spacial score (nSPS) is 19.1. The molecule has 0 aliphatic heterocycles. The second-order valence-corrected chi connectivity index (χ2v) is 5.84. The lowest BCUT2D eigenvalue weighted by molar-refractivity contribution is 0.167. The molecule has 0 saturated carbocycles. The highest BCUT2D eigenvalue weighted by molar-refractivity contribution is 4.75. The van der Waals surface area contributed by atoms with E-state index in [0.29, 0.717) is 0 Å². The number of hydrogen-bond donors (Lipinski definition) is 0. The Morgan fingerprint density at radius 3 is 1.50 bits per heavy atom. The molecule has 0 spiro atoms. The van der Waals surface area contributed by atoms with Gasteiger partial charge in [0.15, 0.2) is 0 Å². The van der Waals surface area contributed by atoms with Gasteiger partial charge in [-0.25, -0.2) is 0 Å². The standard InChI is InChI=1S/C16H34/c1-7-10-13(4)15(6)16(12-9-3)14(5)11-8-2/h13-16H,7-12H2,1-6H3. The van der Waals surface area contributed by atoms with Gasteiger partial charge in [-0.3, -0.25) is 0 Å². The first-order valence-electron chi connectivity index (χ1n) is 7.58. The van der Waals surface area contributed by atoms with Crippen LogP contribution in [0.15, 0.2) is 0 Å². The summed E-state index contributed by atoms with van der Waals surface area (Å²) in [6.45, 7) is 14.4. The van der Waals surface area contributed by atoms with Gasteiger partial charge in [-0.15, -0.1) is 0 Å². The summed E-state index contributed by atoms with van der Waals surface area (Å²) in [5.74, 6) is 3.67. The molecule has 0 fully saturated rings. The monoisotopic (exact) mass is 226 g/mol. The largest absolute Gasteiger partial charge is 0.0654 e. The second-order valence-electron chi connectivity index (χ2n) is 5.84. The first-order valence-corrected chi connectivity index (χ1v) is 7.58. The zero-order chi connectivity index (χ0) is 12.6. The molecule has 0 heteroatoms. The fraction of sp³-hybridized carbons (Fsp3) is 1.00. The van der Waals surface area contributed by atoms with Crippen molar-refractivity contribution in [2.24, 2.45) is 23.7 Å². The lowest BCUT2D eigenvalue weighted by Gasteiger charge is -2.33. The van der Waals surface area contributed by atoms with Crippen LogP contribution < -0.4 is 0 Å². The van der Waals surface area contributed by atoms with Gasteiger partial charge in [0.05, 0.1) is 0 Å². The molecule has 0 saturated heterocycles. The summed E-state index contributed by atoms with van der Waals surface area (Å²) in [4.78, 5) is 0. The van der Waals surface area contributed by atoms with Crippen molar-refractivity contribution in [1.82, 2.24) is 0 Å². The van der Waals surface area contributed by atoms with Crippen LogP contribution in [-0.2, 0) is 0 Å². The van der Waals surface area contributed by atoms with Gasteiger partial charge in [0, 0.05) is 0 Å². The summed E-state index contributed by atoms with van der Waals surface area (Å²) < 4.78 is 0. The van der Waals surface area contributed by atoms with Crippen LogP contribution in [0.3, 0.4) is 0 Å². The Morgan fingerprint density at radius 2 is 1.06 bits per heavy atom. The molecule has 0 nitrogen and oxygen atoms in total. The van der Waals surface area contributed by atoms with Crippen molar-refractivity contribution in [3.05, 3.63) is 0 Å². The van der Waals surface area contributed by atoms with Crippen molar-refractivity contribution in [2.45, 2.75) is 80.1 Å². The lowest BCUT2D eigenvalue weighted by atomic mass is 9.72. The maximum atomic E-state index is 2.49. The Morgan fingerprint density at radius 1 is 0.625 bits per heavy atom. The molecule has 0 aromatic carbocycles. The molecule has 16 heavy (non-hydrogen) atoms. The summed E-state index contributed by atoms with van der Waals surface area (Å²) in [5.41, 5.74) is 0. The molecule has 4 unspecified atom stereocenters. The zero-order valence-electron chi connectivity index (χ0n) is 12.6. The van der Waals surface area contributed by atoms with Crippen LogP contribution in [0.5, 0.6) is 0 Å². The Balaban J connectivity index is 4.37. The Labute approximate surface area is 104 Å². The third-order valence-electron chi connectivity index (χ3n) is 4.41. The summed E-state index contributed by atoms with van der Waals surface area (Å²) in [5, 5.41) is 0. The van der Waals surface area contributed by atoms with Crippen LogP contribution in [0.4, 0.5) is 0 Å². The molecule has 0 heterocycles. The zero-order valence-corrected chi connectivity index (χ0v) is 12.6. The molecular formula is C16H34. The number of hydrogen-bond acceptors (Lipinski definition) is 0. The van der Waals surface area contributed by atoms with Crippen molar-refractivity contribution in [2.75, 3.05) is 0 Å². The third kappa shape index (κ3) is 5.37. The van der Waals surface area contributed by atoms with Crippen LogP contribution in [0.1, 0.15) is 80.1 Å². The summed E-state index contributed by atoms with van der Waals surface area (Å²) >= 11 is 0. The van der Waals surface area contributed by atoms with E-state index < -0.39 is 0 Å². The van der Waals surface area contributed by atoms with Gasteiger partial charge in [0.1, 0.15) is 0 Å². The van der Waals surface area contributed by atoms with E-state index in [1.807, 2.05) is 0 Å². The van der Waals surface area contributed by atoms with E-state index in [9.17, 15) is 0 Å². The topological polar surface area (TPSA) is 0 Å². The summed E-state index contributed by atoms with van der Waals surface area (Å²) in [6, 6.07) is 0. The van der Waals surface area contributed by atoms with Crippen LogP contribution in [0, 0.1) is 23.7 Å². The third-order valence-corrected chi connectivity index (χ3v) is 4.41. The highest BCUT2D eigenvalue weighted by atomic mass is 14.3. The molecule has 0 aromatic rings. The van der Waals surface area contributed by atoms with E-state index in [1.165, 1.54) is 38.5 Å². The Kier molecular flexibility index (Phi) is 9.07. The van der Waals surface area contributed by atoms with E-state index in [2.05, 4.69) is 41.5 Å². The Bertz CT molecular complexity index is 150. The van der Waals surface area contributed by atoms with Crippen molar-refractivity contribution < 1.29 is 0 Å². The van der Waals surface area contributed by atoms with Crippen LogP contribution >= 0.6 is 0 Å². The highest BCUT2D eigenvalue weighted by Gasteiger charge is 2.25. The summed E-state index contributed by atoms with van der Waals surface area (Å²) in [7, 11) is 0. The molecule has 0 aromatic heterocycles. The van der Waals surface area contributed by atoms with Gasteiger partial charge in [-0.05, 0) is 23.7 Å². The van der Waals surface area contributed by atoms with Crippen molar-refractivity contribution in [3.63, 3.8) is 0 Å². The molecule has 0 radical (unpaired) electrons. The highest BCUT2D eigenvalue weighted by Crippen LogP contribution is 2.34. The second kappa shape index (κ2) is 9.07. The maximum absolute atomic E-state index is 2.49. The van der Waals surface area contributed by atoms with Gasteiger partial charge in [-0.1, -0.05) is 80.1 Å². The van der Waals surface area contributed by atoms with Crippen molar-refractivity contribution in [1.29, 1.82) is 0 Å². The van der Waals surface area contributed by atoms with E-state index in [4.69, 9.17) is 0 Å². The van der Waals surface area contributed by atoms with E-state index in [-0.39, 0.29) is 0 Å². The minimum Gasteiger partial charge on any atom is -0.0654 e. The average Bonchev–Trinajstić information content (AvgIpc) is 2.25. The smallest absolute Gasteiger partial charge is 0.0360 e. The lowest BCUT2D eigenvalue weighted by Crippen LogP contribution is -2.25. The van der Waals surface area contributed by atoms with E-state index in [1.54, 1.807) is 0 Å². The molecule has 4 atom stereocenters. The van der Waals surface area contributed by atoms with Crippen molar-refractivity contribution in [3.8, 4) is 0 Å². The Hall–Kier alpha value is 0. The molecule has 0 rings (SSSR count). The molecule has 0 bridgehead atoms. The molecule has 98 valence electrons. The maximum Gasteiger partial charge on any atom is -0.0360 e. The number of rotatable bonds is 9. The fourth-order valence-corrected chi connectivity index (χ4v) is 3.21. The minimum absolute atomic E-state index is 0.904. The van der Waals surface area contributed by atoms with Gasteiger partial charge in [0.2, 0.25) is 0 Å². The molecular weight excluding hydrogens is 192 g/mol. The predicted octanol–water partition coefficient (Wildman–Crippen LogP) is 5.91. The van der Waals surface area contributed by atoms with Crippen LogP contribution in [-0.4, -0.2) is 0 Å². The van der Waals surface area contributed by atoms with Gasteiger partial charge in [0.25, 0.3) is 0 Å². The fourth-order valence-electron chi connectivity index (χ4n) is 3.21. The molecule has 0 aliphatic carbocycles. The van der Waals surface area contributed by atoms with Crippen LogP contribution in [0.2, 0.25) is 0 Å². The SMILES string of the molecule is CCCC(C)C(C)C(CCC)C(C)CCC. The first kappa shape index (κ1) is 16.0. The molecule has 0 aliphatic rings. The average molecular weight is 226 g/mol. The van der Waals surface area contributed by atoms with Crippen molar-refractivity contribution >= 4 is 0 Å². The van der Waals surface area contributed by atoms with Gasteiger partial charge >= 0.3 is 0 Å². The quantitative estimate of drug-likeness (QED) is 0.458. The predicted molar refractivity (Wildman–Crippen MR) is 75.7 cm³/mol. The first-order chi connectivity index (χ1) is 7.58. The molecule has 0 amide bonds. The summed E-state index contributed by atoms with van der Waals surface area (Å²) in [6.07, 6.45) is 8.27. The molecule has 0 N–H and O–H groups in total.